The fourth-order valence-electron chi connectivity index (χ4n) is 3.83. The molecule has 0 heterocycles. The number of ether oxygens (including phenoxy) is 2. The SMILES string of the molecule is CCCc1cc(Oc2ccccc2)ccc1OCCCSc1ccc(C(SC(C)=O)C(=O)C(C)C)cc1Cl. The van der Waals surface area contributed by atoms with Crippen molar-refractivity contribution < 1.29 is 19.1 Å². The summed E-state index contributed by atoms with van der Waals surface area (Å²) in [6.07, 6.45) is 2.79. The number of para-hydroxylation sites is 1. The molecule has 0 aliphatic rings. The van der Waals surface area contributed by atoms with Gasteiger partial charge in [-0.3, -0.25) is 9.59 Å². The molecule has 0 N–H and O–H groups in total. The topological polar surface area (TPSA) is 52.6 Å². The number of Topliss-reactive ketones (excluding diaryl/α,β-unsaturated/α-hetero) is 1. The number of carbonyl (C=O) groups is 2. The largest absolute Gasteiger partial charge is 0.493 e. The minimum Gasteiger partial charge on any atom is -0.493 e. The van der Waals surface area contributed by atoms with E-state index in [1.165, 1.54) is 6.92 Å². The average Bonchev–Trinajstić information content (AvgIpc) is 2.89. The summed E-state index contributed by atoms with van der Waals surface area (Å²) in [5, 5.41) is -0.0170. The maximum atomic E-state index is 12.7. The molecule has 3 rings (SSSR count). The van der Waals surface area contributed by atoms with E-state index in [2.05, 4.69) is 13.0 Å². The van der Waals surface area contributed by atoms with E-state index in [-0.39, 0.29) is 16.8 Å². The van der Waals surface area contributed by atoms with Crippen LogP contribution in [0, 0.1) is 5.92 Å². The van der Waals surface area contributed by atoms with Gasteiger partial charge in [0.25, 0.3) is 0 Å². The summed E-state index contributed by atoms with van der Waals surface area (Å²) < 4.78 is 12.1. The van der Waals surface area contributed by atoms with Gasteiger partial charge in [0.2, 0.25) is 0 Å². The Morgan fingerprint density at radius 3 is 2.39 bits per heavy atom. The molecule has 0 amide bonds. The van der Waals surface area contributed by atoms with Crippen molar-refractivity contribution in [1.29, 1.82) is 0 Å². The highest BCUT2D eigenvalue weighted by molar-refractivity contribution is 8.14. The molecular formula is C31H35ClO4S2. The first-order chi connectivity index (χ1) is 18.3. The quantitative estimate of drug-likeness (QED) is 0.142. The summed E-state index contributed by atoms with van der Waals surface area (Å²) in [5.41, 5.74) is 1.91. The van der Waals surface area contributed by atoms with Crippen LogP contribution in [-0.2, 0) is 16.0 Å². The number of halogens is 1. The number of aryl methyl sites for hydroxylation is 1. The zero-order valence-corrected chi connectivity index (χ0v) is 24.8. The Labute approximate surface area is 239 Å². The smallest absolute Gasteiger partial charge is 0.186 e. The fourth-order valence-corrected chi connectivity index (χ4v) is 6.03. The lowest BCUT2D eigenvalue weighted by molar-refractivity contribution is -0.121. The molecule has 0 aromatic heterocycles. The van der Waals surface area contributed by atoms with E-state index in [9.17, 15) is 9.59 Å². The zero-order chi connectivity index (χ0) is 27.5. The summed E-state index contributed by atoms with van der Waals surface area (Å²) in [6, 6.07) is 21.4. The third kappa shape index (κ3) is 9.11. The van der Waals surface area contributed by atoms with E-state index < -0.39 is 5.25 Å². The van der Waals surface area contributed by atoms with Crippen LogP contribution in [0.1, 0.15) is 56.9 Å². The molecule has 0 spiro atoms. The molecule has 7 heteroatoms. The summed E-state index contributed by atoms with van der Waals surface area (Å²) in [7, 11) is 0. The van der Waals surface area contributed by atoms with Crippen molar-refractivity contribution in [2.45, 2.75) is 57.1 Å². The van der Waals surface area contributed by atoms with Crippen LogP contribution in [-0.4, -0.2) is 23.3 Å². The maximum Gasteiger partial charge on any atom is 0.186 e. The molecule has 0 saturated carbocycles. The third-order valence-corrected chi connectivity index (χ3v) is 8.36. The molecular weight excluding hydrogens is 536 g/mol. The Morgan fingerprint density at radius 1 is 0.974 bits per heavy atom. The Hall–Kier alpha value is -2.41. The number of thioether (sulfide) groups is 2. The van der Waals surface area contributed by atoms with Gasteiger partial charge in [0.1, 0.15) is 17.2 Å². The molecule has 0 fully saturated rings. The lowest BCUT2D eigenvalue weighted by Crippen LogP contribution is -2.16. The van der Waals surface area contributed by atoms with Gasteiger partial charge in [-0.25, -0.2) is 0 Å². The van der Waals surface area contributed by atoms with E-state index in [1.807, 2.05) is 74.5 Å². The van der Waals surface area contributed by atoms with Crippen molar-refractivity contribution in [2.75, 3.05) is 12.4 Å². The molecule has 3 aromatic carbocycles. The monoisotopic (exact) mass is 570 g/mol. The van der Waals surface area contributed by atoms with E-state index >= 15 is 0 Å². The molecule has 1 unspecified atom stereocenters. The lowest BCUT2D eigenvalue weighted by atomic mass is 10.0. The van der Waals surface area contributed by atoms with E-state index in [1.54, 1.807) is 11.8 Å². The Balaban J connectivity index is 1.54. The number of hydrogen-bond donors (Lipinski definition) is 0. The van der Waals surface area contributed by atoms with Crippen LogP contribution in [0.3, 0.4) is 0 Å². The van der Waals surface area contributed by atoms with Gasteiger partial charge < -0.3 is 9.47 Å². The van der Waals surface area contributed by atoms with Crippen molar-refractivity contribution in [1.82, 2.24) is 0 Å². The number of ketones is 1. The highest BCUT2D eigenvalue weighted by Crippen LogP contribution is 2.37. The normalized spacial score (nSPS) is 11.8. The Morgan fingerprint density at radius 2 is 1.74 bits per heavy atom. The van der Waals surface area contributed by atoms with E-state index in [0.717, 1.165) is 70.0 Å². The van der Waals surface area contributed by atoms with E-state index in [0.29, 0.717) is 11.6 Å². The molecule has 3 aromatic rings. The van der Waals surface area contributed by atoms with Gasteiger partial charge in [0.05, 0.1) is 16.9 Å². The van der Waals surface area contributed by atoms with Crippen molar-refractivity contribution in [3.63, 3.8) is 0 Å². The third-order valence-electron chi connectivity index (χ3n) is 5.70. The molecule has 38 heavy (non-hydrogen) atoms. The zero-order valence-electron chi connectivity index (χ0n) is 22.4. The molecule has 202 valence electrons. The number of carbonyl (C=O) groups excluding carboxylic acids is 2. The summed E-state index contributed by atoms with van der Waals surface area (Å²) in [5.74, 6) is 3.22. The highest BCUT2D eigenvalue weighted by atomic mass is 35.5. The van der Waals surface area contributed by atoms with Gasteiger partial charge in [-0.2, -0.15) is 0 Å². The van der Waals surface area contributed by atoms with Crippen LogP contribution in [0.25, 0.3) is 0 Å². The van der Waals surface area contributed by atoms with Crippen LogP contribution in [0.4, 0.5) is 0 Å². The van der Waals surface area contributed by atoms with Crippen LogP contribution in [0.5, 0.6) is 17.2 Å². The van der Waals surface area contributed by atoms with Gasteiger partial charge in [-0.15, -0.1) is 11.8 Å². The first-order valence-corrected chi connectivity index (χ1v) is 15.1. The van der Waals surface area contributed by atoms with Gasteiger partial charge in [0.15, 0.2) is 10.9 Å². The van der Waals surface area contributed by atoms with Gasteiger partial charge >= 0.3 is 0 Å². The molecule has 0 saturated heterocycles. The maximum absolute atomic E-state index is 12.7. The molecule has 1 atom stereocenters. The molecule has 0 aliphatic carbocycles. The Bertz CT molecular complexity index is 1210. The molecule has 0 bridgehead atoms. The van der Waals surface area contributed by atoms with Crippen LogP contribution in [0.2, 0.25) is 5.02 Å². The molecule has 4 nitrogen and oxygen atoms in total. The van der Waals surface area contributed by atoms with Gasteiger partial charge in [0, 0.05) is 23.5 Å². The second-order valence-corrected chi connectivity index (χ2v) is 12.0. The standard InChI is InChI=1S/C31H35ClO4S2/c1-5-10-23-19-26(36-25-11-7-6-8-12-25)14-15-28(23)35-17-9-18-37-29-16-13-24(20-27(29)32)31(38-22(4)33)30(34)21(2)3/h6-8,11-16,19-21,31H,5,9-10,17-18H2,1-4H3. The first-order valence-electron chi connectivity index (χ1n) is 12.9. The van der Waals surface area contributed by atoms with E-state index in [4.69, 9.17) is 21.1 Å². The number of hydrogen-bond acceptors (Lipinski definition) is 6. The second kappa shape index (κ2) is 15.2. The molecule has 0 radical (unpaired) electrons. The summed E-state index contributed by atoms with van der Waals surface area (Å²) >= 11 is 9.27. The fraction of sp³-hybridized carbons (Fsp3) is 0.355. The van der Waals surface area contributed by atoms with Crippen LogP contribution in [0.15, 0.2) is 71.6 Å². The minimum atomic E-state index is -0.528. The van der Waals surface area contributed by atoms with Crippen LogP contribution >= 0.6 is 35.1 Å². The second-order valence-electron chi connectivity index (χ2n) is 9.22. The van der Waals surface area contributed by atoms with Gasteiger partial charge in [-0.1, -0.05) is 74.8 Å². The molecule has 0 aliphatic heterocycles. The first kappa shape index (κ1) is 30.1. The van der Waals surface area contributed by atoms with Crippen LogP contribution < -0.4 is 9.47 Å². The van der Waals surface area contributed by atoms with Crippen molar-refractivity contribution in [3.8, 4) is 17.2 Å². The minimum absolute atomic E-state index is 0.0286. The predicted molar refractivity (Wildman–Crippen MR) is 160 cm³/mol. The van der Waals surface area contributed by atoms with Crippen molar-refractivity contribution >= 4 is 46.0 Å². The average molecular weight is 571 g/mol. The lowest BCUT2D eigenvalue weighted by Gasteiger charge is -2.17. The number of rotatable bonds is 14. The number of benzene rings is 3. The summed E-state index contributed by atoms with van der Waals surface area (Å²) in [6.45, 7) is 7.93. The van der Waals surface area contributed by atoms with Gasteiger partial charge in [-0.05, 0) is 66.4 Å². The van der Waals surface area contributed by atoms with Crippen molar-refractivity contribution in [3.05, 3.63) is 82.9 Å². The highest BCUT2D eigenvalue weighted by Gasteiger charge is 2.26. The Kier molecular flexibility index (Phi) is 12.1. The predicted octanol–water partition coefficient (Wildman–Crippen LogP) is 9.19. The van der Waals surface area contributed by atoms with Crippen molar-refractivity contribution in [2.24, 2.45) is 5.92 Å². The summed E-state index contributed by atoms with van der Waals surface area (Å²) in [4.78, 5) is 25.3.